The number of benzene rings is 2. The van der Waals surface area contributed by atoms with Crippen LogP contribution in [0.15, 0.2) is 48.5 Å². The molecule has 0 saturated carbocycles. The molecule has 0 aliphatic rings. The number of carbonyl (C=O) groups excluding carboxylic acids is 2. The lowest BCUT2D eigenvalue weighted by molar-refractivity contribution is -0.384. The van der Waals surface area contributed by atoms with E-state index in [4.69, 9.17) is 0 Å². The molecule has 9 nitrogen and oxygen atoms in total. The van der Waals surface area contributed by atoms with Crippen LogP contribution in [0.4, 0.5) is 17.1 Å². The van der Waals surface area contributed by atoms with E-state index >= 15 is 0 Å². The van der Waals surface area contributed by atoms with Crippen molar-refractivity contribution in [2.45, 2.75) is 6.04 Å². The molecule has 0 aliphatic carbocycles. The third-order valence-corrected chi connectivity index (χ3v) is 4.42. The molecule has 2 aromatic rings. The van der Waals surface area contributed by atoms with Gasteiger partial charge in [0.05, 0.1) is 11.0 Å². The van der Waals surface area contributed by atoms with Gasteiger partial charge in [-0.05, 0) is 43.9 Å². The van der Waals surface area contributed by atoms with Crippen molar-refractivity contribution in [2.75, 3.05) is 45.0 Å². The van der Waals surface area contributed by atoms with Crippen LogP contribution in [0.5, 0.6) is 0 Å². The Bertz CT molecular complexity index is 863. The van der Waals surface area contributed by atoms with Crippen molar-refractivity contribution in [3.05, 3.63) is 64.2 Å². The highest BCUT2D eigenvalue weighted by Gasteiger charge is 2.19. The third-order valence-electron chi connectivity index (χ3n) is 4.42. The van der Waals surface area contributed by atoms with Crippen molar-refractivity contribution >= 4 is 28.9 Å². The minimum Gasteiger partial charge on any atom is -0.378 e. The lowest BCUT2D eigenvalue weighted by Crippen LogP contribution is -2.40. The molecule has 2 N–H and O–H groups in total. The number of nitrogens with zero attached hydrogens (tertiary/aromatic N) is 3. The van der Waals surface area contributed by atoms with E-state index in [-0.39, 0.29) is 18.3 Å². The average molecular weight is 399 g/mol. The molecule has 0 bridgehead atoms. The first-order valence-corrected chi connectivity index (χ1v) is 8.96. The molecule has 1 atom stereocenters. The predicted octanol–water partition coefficient (Wildman–Crippen LogP) is 2.02. The van der Waals surface area contributed by atoms with Crippen LogP contribution in [-0.2, 0) is 9.59 Å². The van der Waals surface area contributed by atoms with Crippen LogP contribution < -0.4 is 15.5 Å². The average Bonchev–Trinajstić information content (AvgIpc) is 2.68. The zero-order valence-electron chi connectivity index (χ0n) is 16.9. The zero-order valence-corrected chi connectivity index (χ0v) is 16.9. The predicted molar refractivity (Wildman–Crippen MR) is 112 cm³/mol. The number of amides is 2. The van der Waals surface area contributed by atoms with Crippen LogP contribution in [0.25, 0.3) is 0 Å². The lowest BCUT2D eigenvalue weighted by Gasteiger charge is -2.25. The van der Waals surface area contributed by atoms with E-state index < -0.39 is 16.7 Å². The number of rotatable bonds is 7. The minimum atomic E-state index is -0.834. The lowest BCUT2D eigenvalue weighted by atomic mass is 10.1. The number of non-ortho nitro benzene ring substituents is 1. The Labute approximate surface area is 169 Å². The quantitative estimate of drug-likeness (QED) is 0.419. The normalized spacial score (nSPS) is 11.6. The Morgan fingerprint density at radius 3 is 2.03 bits per heavy atom. The fourth-order valence-corrected chi connectivity index (χ4v) is 2.72. The zero-order chi connectivity index (χ0) is 21.6. The standard InChI is InChI=1S/C20H25N5O4/c1-23(2)16-9-5-14(6-10-16)18(24(3)4)13-21-19(26)20(27)22-15-7-11-17(12-8-15)25(28)29/h5-12,18H,13H2,1-4H3,(H,21,26)(H,22,27)/t18-/m1/s1. The molecule has 2 amide bonds. The van der Waals surface area contributed by atoms with Crippen LogP contribution in [0, 0.1) is 10.1 Å². The van der Waals surface area contributed by atoms with Crippen molar-refractivity contribution in [1.29, 1.82) is 0 Å². The first-order valence-electron chi connectivity index (χ1n) is 8.96. The second-order valence-electron chi connectivity index (χ2n) is 6.93. The largest absolute Gasteiger partial charge is 0.378 e. The SMILES string of the molecule is CN(C)c1ccc([C@@H](CNC(=O)C(=O)Nc2ccc([N+](=O)[O-])cc2)N(C)C)cc1. The summed E-state index contributed by atoms with van der Waals surface area (Å²) in [6, 6.07) is 13.1. The molecule has 0 spiro atoms. The van der Waals surface area contributed by atoms with Crippen LogP contribution >= 0.6 is 0 Å². The molecule has 154 valence electrons. The summed E-state index contributed by atoms with van der Waals surface area (Å²) < 4.78 is 0. The van der Waals surface area contributed by atoms with Gasteiger partial charge in [0.25, 0.3) is 5.69 Å². The van der Waals surface area contributed by atoms with Gasteiger partial charge in [0, 0.05) is 44.1 Å². The van der Waals surface area contributed by atoms with Crippen molar-refractivity contribution < 1.29 is 14.5 Å². The Morgan fingerprint density at radius 1 is 0.966 bits per heavy atom. The number of nitro groups is 1. The van der Waals surface area contributed by atoms with Crippen molar-refractivity contribution in [2.24, 2.45) is 0 Å². The summed E-state index contributed by atoms with van der Waals surface area (Å²) in [6.45, 7) is 0.251. The molecule has 2 rings (SSSR count). The number of hydrogen-bond acceptors (Lipinski definition) is 6. The maximum absolute atomic E-state index is 12.2. The topological polar surface area (TPSA) is 108 Å². The molecule has 0 heterocycles. The maximum Gasteiger partial charge on any atom is 0.313 e. The first-order chi connectivity index (χ1) is 13.7. The van der Waals surface area contributed by atoms with Crippen LogP contribution in [0.3, 0.4) is 0 Å². The second-order valence-corrected chi connectivity index (χ2v) is 6.93. The van der Waals surface area contributed by atoms with E-state index in [9.17, 15) is 19.7 Å². The van der Waals surface area contributed by atoms with Gasteiger partial charge in [-0.1, -0.05) is 12.1 Å². The number of carbonyl (C=O) groups is 2. The molecule has 2 aromatic carbocycles. The van der Waals surface area contributed by atoms with Gasteiger partial charge in [-0.15, -0.1) is 0 Å². The van der Waals surface area contributed by atoms with Gasteiger partial charge < -0.3 is 20.4 Å². The van der Waals surface area contributed by atoms with Crippen LogP contribution in [0.2, 0.25) is 0 Å². The first kappa shape index (κ1) is 21.8. The van der Waals surface area contributed by atoms with Crippen molar-refractivity contribution in [1.82, 2.24) is 10.2 Å². The summed E-state index contributed by atoms with van der Waals surface area (Å²) >= 11 is 0. The maximum atomic E-state index is 12.2. The molecule has 9 heteroatoms. The van der Waals surface area contributed by atoms with Crippen molar-refractivity contribution in [3.8, 4) is 0 Å². The highest BCUT2D eigenvalue weighted by Crippen LogP contribution is 2.21. The van der Waals surface area contributed by atoms with Crippen molar-refractivity contribution in [3.63, 3.8) is 0 Å². The van der Waals surface area contributed by atoms with E-state index in [0.29, 0.717) is 5.69 Å². The monoisotopic (exact) mass is 399 g/mol. The molecular weight excluding hydrogens is 374 g/mol. The summed E-state index contributed by atoms with van der Waals surface area (Å²) in [4.78, 5) is 38.3. The molecule has 0 unspecified atom stereocenters. The van der Waals surface area contributed by atoms with E-state index in [1.165, 1.54) is 24.3 Å². The number of nitro benzene ring substituents is 1. The second kappa shape index (κ2) is 9.65. The van der Waals surface area contributed by atoms with Gasteiger partial charge in [-0.3, -0.25) is 19.7 Å². The Balaban J connectivity index is 1.97. The number of hydrogen-bond donors (Lipinski definition) is 2. The summed E-state index contributed by atoms with van der Waals surface area (Å²) in [5.74, 6) is -1.61. The number of likely N-dealkylation sites (N-methyl/N-ethyl adjacent to an activating group) is 1. The van der Waals surface area contributed by atoms with Gasteiger partial charge in [0.1, 0.15) is 0 Å². The third kappa shape index (κ3) is 6.01. The van der Waals surface area contributed by atoms with Crippen LogP contribution in [-0.4, -0.2) is 56.4 Å². The summed E-state index contributed by atoms with van der Waals surface area (Å²) in [7, 11) is 7.71. The van der Waals surface area contributed by atoms with E-state index in [1.54, 1.807) is 0 Å². The number of nitrogens with one attached hydrogen (secondary N) is 2. The molecular formula is C20H25N5O4. The summed E-state index contributed by atoms with van der Waals surface area (Å²) in [5.41, 5.74) is 2.29. The molecule has 0 radical (unpaired) electrons. The van der Waals surface area contributed by atoms with Gasteiger partial charge in [-0.2, -0.15) is 0 Å². The fraction of sp³-hybridized carbons (Fsp3) is 0.300. The van der Waals surface area contributed by atoms with Gasteiger partial charge in [0.2, 0.25) is 0 Å². The summed E-state index contributed by atoms with van der Waals surface area (Å²) in [5, 5.41) is 15.7. The minimum absolute atomic E-state index is 0.0958. The number of anilines is 2. The molecule has 0 fully saturated rings. The fourth-order valence-electron chi connectivity index (χ4n) is 2.72. The molecule has 0 aliphatic heterocycles. The van der Waals surface area contributed by atoms with E-state index in [2.05, 4.69) is 10.6 Å². The molecule has 0 aromatic heterocycles. The van der Waals surface area contributed by atoms with Gasteiger partial charge >= 0.3 is 11.8 Å². The molecule has 29 heavy (non-hydrogen) atoms. The highest BCUT2D eigenvalue weighted by molar-refractivity contribution is 6.39. The van der Waals surface area contributed by atoms with E-state index in [1.807, 2.05) is 62.3 Å². The van der Waals surface area contributed by atoms with Crippen LogP contribution in [0.1, 0.15) is 11.6 Å². The Morgan fingerprint density at radius 2 is 1.55 bits per heavy atom. The van der Waals surface area contributed by atoms with Gasteiger partial charge in [-0.25, -0.2) is 0 Å². The highest BCUT2D eigenvalue weighted by atomic mass is 16.6. The molecule has 0 saturated heterocycles. The van der Waals surface area contributed by atoms with E-state index in [0.717, 1.165) is 11.3 Å². The smallest absolute Gasteiger partial charge is 0.313 e. The Hall–Kier alpha value is -3.46. The Kier molecular flexibility index (Phi) is 7.27. The summed E-state index contributed by atoms with van der Waals surface area (Å²) in [6.07, 6.45) is 0. The van der Waals surface area contributed by atoms with Gasteiger partial charge in [0.15, 0.2) is 0 Å².